The van der Waals surface area contributed by atoms with E-state index in [0.717, 1.165) is 34.7 Å². The predicted octanol–water partition coefficient (Wildman–Crippen LogP) is 4.09. The zero-order valence-corrected chi connectivity index (χ0v) is 27.4. The summed E-state index contributed by atoms with van der Waals surface area (Å²) in [5.74, 6) is 0.364. The summed E-state index contributed by atoms with van der Waals surface area (Å²) in [6.45, 7) is 2.18. The summed E-state index contributed by atoms with van der Waals surface area (Å²) in [6, 6.07) is 16.2. The number of ether oxygens (including phenoxy) is 1. The smallest absolute Gasteiger partial charge is 0.870 e. The SMILES string of the molecule is CC(Oc1cccc(-c2cccc(-n3ncc(C(=O)[O-])c3[C@@H]3C[C@H]3c3cn(C)nn3)c2)c1)C1CCCCC1.[Ba+2].[OH-]. The number of nitrogens with zero attached hydrogens (tertiary/aromatic N) is 5. The van der Waals surface area contributed by atoms with Crippen molar-refractivity contribution in [2.75, 3.05) is 0 Å². The first kappa shape index (κ1) is 30.5. The first-order valence-corrected chi connectivity index (χ1v) is 13.5. The van der Waals surface area contributed by atoms with Crippen LogP contribution in [0.4, 0.5) is 0 Å². The summed E-state index contributed by atoms with van der Waals surface area (Å²) in [7, 11) is 1.83. The summed E-state index contributed by atoms with van der Waals surface area (Å²) >= 11 is 0. The maximum absolute atomic E-state index is 12.0. The molecule has 0 saturated heterocycles. The van der Waals surface area contributed by atoms with Crippen molar-refractivity contribution in [2.45, 2.75) is 63.4 Å². The van der Waals surface area contributed by atoms with Crippen LogP contribution in [0.25, 0.3) is 16.8 Å². The standard InChI is InChI=1S/C30H33N5O3.Ba.H2O/c1-19(20-8-4-3-5-9-20)38-24-13-7-11-22(15-24)21-10-6-12-23(14-21)35-29(27(17-31-35)30(36)37)26-16-25(26)28-18-34(2)33-32-28;;/h6-7,10-15,17-20,25-26H,3-5,8-9,16H2,1-2H3,(H,36,37);;1H2/q;+2;/p-2/t19?,25-,26-;;/m1../s1. The van der Waals surface area contributed by atoms with Gasteiger partial charge in [-0.05, 0) is 67.5 Å². The van der Waals surface area contributed by atoms with Crippen molar-refractivity contribution in [3.05, 3.63) is 77.9 Å². The van der Waals surface area contributed by atoms with Crippen molar-refractivity contribution in [3.8, 4) is 22.6 Å². The van der Waals surface area contributed by atoms with E-state index in [1.54, 1.807) is 9.36 Å². The number of aromatic carboxylic acids is 1. The molecule has 40 heavy (non-hydrogen) atoms. The molecule has 0 radical (unpaired) electrons. The molecule has 1 unspecified atom stereocenters. The fourth-order valence-corrected chi connectivity index (χ4v) is 5.92. The molecule has 9 nitrogen and oxygen atoms in total. The number of aryl methyl sites for hydroxylation is 1. The van der Waals surface area contributed by atoms with Crippen LogP contribution >= 0.6 is 0 Å². The van der Waals surface area contributed by atoms with E-state index in [2.05, 4.69) is 40.5 Å². The molecule has 4 aromatic rings. The first-order valence-electron chi connectivity index (χ1n) is 13.5. The van der Waals surface area contributed by atoms with Crippen LogP contribution in [0.15, 0.2) is 60.9 Å². The minimum absolute atomic E-state index is 0. The Hall–Kier alpha value is -2.41. The first-order chi connectivity index (χ1) is 18.5. The minimum atomic E-state index is -1.22. The normalized spacial score (nSPS) is 19.2. The molecule has 0 spiro atoms. The molecule has 2 saturated carbocycles. The number of hydrogen-bond acceptors (Lipinski definition) is 7. The second kappa shape index (κ2) is 13.1. The van der Waals surface area contributed by atoms with E-state index < -0.39 is 5.97 Å². The average Bonchev–Trinajstić information content (AvgIpc) is 3.38. The van der Waals surface area contributed by atoms with Crippen LogP contribution in [0.3, 0.4) is 0 Å². The van der Waals surface area contributed by atoms with Crippen LogP contribution in [0, 0.1) is 5.92 Å². The molecule has 0 amide bonds. The number of hydrogen-bond donors (Lipinski definition) is 0. The predicted molar refractivity (Wildman–Crippen MR) is 149 cm³/mol. The summed E-state index contributed by atoms with van der Waals surface area (Å²) in [5.41, 5.74) is 4.49. The molecular weight excluding hydrogens is 632 g/mol. The van der Waals surface area contributed by atoms with Crippen molar-refractivity contribution in [1.29, 1.82) is 0 Å². The van der Waals surface area contributed by atoms with Gasteiger partial charge in [0.15, 0.2) is 0 Å². The quantitative estimate of drug-likeness (QED) is 0.260. The molecule has 2 aliphatic rings. The van der Waals surface area contributed by atoms with Gasteiger partial charge in [0.05, 0.1) is 35.3 Å². The van der Waals surface area contributed by atoms with Gasteiger partial charge in [-0.2, -0.15) is 5.10 Å². The van der Waals surface area contributed by atoms with Gasteiger partial charge in [-0.3, -0.25) is 4.68 Å². The fraction of sp³-hybridized carbons (Fsp3) is 0.400. The summed E-state index contributed by atoms with van der Waals surface area (Å²) in [5, 5.41) is 24.7. The van der Waals surface area contributed by atoms with Crippen molar-refractivity contribution >= 4 is 54.9 Å². The Morgan fingerprint density at radius 3 is 2.48 bits per heavy atom. The molecule has 0 aliphatic heterocycles. The average molecular weight is 665 g/mol. The second-order valence-electron chi connectivity index (χ2n) is 10.7. The molecule has 2 aromatic carbocycles. The maximum Gasteiger partial charge on any atom is 2.00 e. The van der Waals surface area contributed by atoms with E-state index in [1.165, 1.54) is 38.3 Å². The van der Waals surface area contributed by atoms with E-state index in [-0.39, 0.29) is 77.9 Å². The Bertz CT molecular complexity index is 1460. The van der Waals surface area contributed by atoms with Gasteiger partial charge < -0.3 is 20.1 Å². The minimum Gasteiger partial charge on any atom is -0.870 e. The van der Waals surface area contributed by atoms with Crippen LogP contribution in [0.5, 0.6) is 5.75 Å². The number of carboxylic acids is 1. The van der Waals surface area contributed by atoms with Gasteiger partial charge in [0.2, 0.25) is 0 Å². The van der Waals surface area contributed by atoms with Crippen LogP contribution in [0.1, 0.15) is 79.0 Å². The summed E-state index contributed by atoms with van der Waals surface area (Å²) in [4.78, 5) is 12.0. The monoisotopic (exact) mass is 665 g/mol. The Morgan fingerprint density at radius 1 is 1.05 bits per heavy atom. The molecule has 204 valence electrons. The zero-order valence-electron chi connectivity index (χ0n) is 22.9. The number of carbonyl (C=O) groups excluding carboxylic acids is 1. The van der Waals surface area contributed by atoms with E-state index in [0.29, 0.717) is 11.6 Å². The van der Waals surface area contributed by atoms with Gasteiger partial charge in [-0.1, -0.05) is 48.7 Å². The Labute approximate surface area is 274 Å². The molecule has 2 fully saturated rings. The molecule has 10 heteroatoms. The Balaban J connectivity index is 0.00000185. The summed E-state index contributed by atoms with van der Waals surface area (Å²) in [6.07, 6.45) is 10.7. The zero-order chi connectivity index (χ0) is 26.2. The van der Waals surface area contributed by atoms with Crippen LogP contribution in [-0.2, 0) is 7.05 Å². The molecule has 0 bridgehead atoms. The van der Waals surface area contributed by atoms with E-state index >= 15 is 0 Å². The molecule has 2 aromatic heterocycles. The third-order valence-corrected chi connectivity index (χ3v) is 8.06. The van der Waals surface area contributed by atoms with E-state index in [4.69, 9.17) is 4.74 Å². The number of carbonyl (C=O) groups is 1. The van der Waals surface area contributed by atoms with Crippen LogP contribution < -0.4 is 9.84 Å². The number of rotatable bonds is 8. The van der Waals surface area contributed by atoms with Crippen LogP contribution in [-0.4, -0.2) is 91.2 Å². The van der Waals surface area contributed by atoms with Crippen molar-refractivity contribution in [2.24, 2.45) is 13.0 Å². The van der Waals surface area contributed by atoms with Crippen molar-refractivity contribution in [1.82, 2.24) is 24.8 Å². The molecule has 6 rings (SSSR count). The number of benzene rings is 2. The Morgan fingerprint density at radius 2 is 1.77 bits per heavy atom. The van der Waals surface area contributed by atoms with Crippen molar-refractivity contribution in [3.63, 3.8) is 0 Å². The molecule has 2 heterocycles. The molecule has 2 aliphatic carbocycles. The van der Waals surface area contributed by atoms with Crippen LogP contribution in [0.2, 0.25) is 0 Å². The molecule has 1 N–H and O–H groups in total. The van der Waals surface area contributed by atoms with Gasteiger partial charge in [0.25, 0.3) is 0 Å². The number of carboxylic acid groups (broad SMARTS) is 1. The maximum atomic E-state index is 12.0. The second-order valence-corrected chi connectivity index (χ2v) is 10.7. The van der Waals surface area contributed by atoms with Gasteiger partial charge in [0.1, 0.15) is 5.75 Å². The van der Waals surface area contributed by atoms with Gasteiger partial charge in [-0.25, -0.2) is 4.68 Å². The van der Waals surface area contributed by atoms with E-state index in [1.807, 2.05) is 43.6 Å². The van der Waals surface area contributed by atoms with Gasteiger partial charge >= 0.3 is 48.9 Å². The molecular formula is C30H33BaN5O4. The largest absolute Gasteiger partial charge is 2.00 e. The van der Waals surface area contributed by atoms with Gasteiger partial charge in [0, 0.05) is 30.6 Å². The number of aromatic nitrogens is 5. The molecule has 3 atom stereocenters. The third-order valence-electron chi connectivity index (χ3n) is 8.06. The summed E-state index contributed by atoms with van der Waals surface area (Å²) < 4.78 is 9.78. The van der Waals surface area contributed by atoms with Gasteiger partial charge in [-0.15, -0.1) is 5.10 Å². The van der Waals surface area contributed by atoms with E-state index in [9.17, 15) is 9.90 Å². The fourth-order valence-electron chi connectivity index (χ4n) is 5.92. The topological polar surface area (TPSA) is 128 Å². The van der Waals surface area contributed by atoms with Crippen molar-refractivity contribution < 1.29 is 20.1 Å². The third kappa shape index (κ3) is 6.40. The Kier molecular flexibility index (Phi) is 9.97.